The third-order valence-corrected chi connectivity index (χ3v) is 5.80. The molecule has 27 heavy (non-hydrogen) atoms. The van der Waals surface area contributed by atoms with Crippen molar-refractivity contribution < 1.29 is 0 Å². The lowest BCUT2D eigenvalue weighted by molar-refractivity contribution is 1.43. The first kappa shape index (κ1) is 16.0. The summed E-state index contributed by atoms with van der Waals surface area (Å²) in [4.78, 5) is 4.92. The Morgan fingerprint density at radius 2 is 1.44 bits per heavy atom. The van der Waals surface area contributed by atoms with E-state index in [4.69, 9.17) is 4.98 Å². The Kier molecular flexibility index (Phi) is 4.04. The highest BCUT2D eigenvalue weighted by atomic mass is 32.1. The third kappa shape index (κ3) is 3.05. The summed E-state index contributed by atoms with van der Waals surface area (Å²) in [6.07, 6.45) is 2.27. The van der Waals surface area contributed by atoms with E-state index >= 15 is 0 Å². The van der Waals surface area contributed by atoms with Crippen LogP contribution in [0, 0.1) is 0 Å². The zero-order valence-electron chi connectivity index (χ0n) is 14.7. The van der Waals surface area contributed by atoms with E-state index in [0.717, 1.165) is 16.1 Å². The number of hydrogen-bond acceptors (Lipinski definition) is 2. The van der Waals surface area contributed by atoms with E-state index < -0.39 is 0 Å². The Hall–Kier alpha value is -3.23. The van der Waals surface area contributed by atoms with Gasteiger partial charge in [0.15, 0.2) is 0 Å². The van der Waals surface area contributed by atoms with Crippen molar-refractivity contribution in [2.45, 2.75) is 0 Å². The van der Waals surface area contributed by atoms with Crippen molar-refractivity contribution in [3.8, 4) is 0 Å². The second-order valence-electron chi connectivity index (χ2n) is 6.48. The molecule has 0 bridgehead atoms. The molecule has 1 aromatic heterocycles. The molecule has 0 aliphatic heterocycles. The van der Waals surface area contributed by atoms with Crippen molar-refractivity contribution in [1.82, 2.24) is 4.98 Å². The zero-order chi connectivity index (χ0) is 18.1. The van der Waals surface area contributed by atoms with Gasteiger partial charge in [0, 0.05) is 5.57 Å². The van der Waals surface area contributed by atoms with E-state index in [0.29, 0.717) is 0 Å². The summed E-state index contributed by atoms with van der Waals surface area (Å²) < 4.78 is 1.22. The predicted molar refractivity (Wildman–Crippen MR) is 117 cm³/mol. The van der Waals surface area contributed by atoms with Gasteiger partial charge in [-0.05, 0) is 40.1 Å². The number of para-hydroxylation sites is 1. The highest BCUT2D eigenvalue weighted by Crippen LogP contribution is 2.33. The molecule has 0 atom stereocenters. The fraction of sp³-hybridized carbons (Fsp3) is 0. The Morgan fingerprint density at radius 3 is 2.33 bits per heavy atom. The van der Waals surface area contributed by atoms with Crippen LogP contribution in [0.1, 0.15) is 16.1 Å². The summed E-state index contributed by atoms with van der Waals surface area (Å²) in [6.45, 7) is 0. The largest absolute Gasteiger partial charge is 0.236 e. The van der Waals surface area contributed by atoms with Crippen molar-refractivity contribution in [2.24, 2.45) is 0 Å². The summed E-state index contributed by atoms with van der Waals surface area (Å²) in [5, 5.41) is 3.56. The van der Waals surface area contributed by atoms with Crippen LogP contribution in [-0.4, -0.2) is 4.98 Å². The van der Waals surface area contributed by atoms with Crippen molar-refractivity contribution in [3.05, 3.63) is 113 Å². The van der Waals surface area contributed by atoms with Gasteiger partial charge in [-0.1, -0.05) is 84.9 Å². The highest BCUT2D eigenvalue weighted by molar-refractivity contribution is 7.19. The number of thiazole rings is 1. The number of hydrogen-bond donors (Lipinski definition) is 0. The number of nitrogens with zero attached hydrogens (tertiary/aromatic N) is 1. The van der Waals surface area contributed by atoms with Gasteiger partial charge in [0.25, 0.3) is 0 Å². The van der Waals surface area contributed by atoms with Crippen LogP contribution in [0.2, 0.25) is 0 Å². The molecule has 0 fully saturated rings. The maximum absolute atomic E-state index is 4.92. The summed E-state index contributed by atoms with van der Waals surface area (Å²) in [7, 11) is 0. The lowest BCUT2D eigenvalue weighted by Crippen LogP contribution is -1.88. The van der Waals surface area contributed by atoms with E-state index in [9.17, 15) is 0 Å². The molecule has 0 unspecified atom stereocenters. The molecule has 5 rings (SSSR count). The van der Waals surface area contributed by atoms with Crippen molar-refractivity contribution in [2.75, 3.05) is 0 Å². The van der Waals surface area contributed by atoms with E-state index in [-0.39, 0.29) is 0 Å². The van der Waals surface area contributed by atoms with Crippen molar-refractivity contribution >= 4 is 44.0 Å². The lowest BCUT2D eigenvalue weighted by Gasteiger charge is -2.07. The van der Waals surface area contributed by atoms with Gasteiger partial charge >= 0.3 is 0 Å². The standard InChI is InChI=1S/C25H17NS/c1-2-9-19(10-3-1)22(25-26-23-15-6-7-16-24(23)27-25)17-20-13-8-12-18-11-4-5-14-21(18)20/h1-17H/b22-17+. The van der Waals surface area contributed by atoms with Crippen LogP contribution in [-0.2, 0) is 0 Å². The van der Waals surface area contributed by atoms with E-state index in [1.807, 2.05) is 6.07 Å². The average Bonchev–Trinajstić information content (AvgIpc) is 3.16. The Labute approximate surface area is 162 Å². The van der Waals surface area contributed by atoms with Gasteiger partial charge in [-0.3, -0.25) is 0 Å². The van der Waals surface area contributed by atoms with Gasteiger partial charge < -0.3 is 0 Å². The smallest absolute Gasteiger partial charge is 0.125 e. The number of rotatable bonds is 3. The van der Waals surface area contributed by atoms with Gasteiger partial charge in [-0.2, -0.15) is 0 Å². The minimum Gasteiger partial charge on any atom is -0.236 e. The van der Waals surface area contributed by atoms with E-state index in [2.05, 4.69) is 97.1 Å². The maximum atomic E-state index is 4.92. The molecular formula is C25H17NS. The summed E-state index contributed by atoms with van der Waals surface area (Å²) in [5.41, 5.74) is 4.61. The van der Waals surface area contributed by atoms with Gasteiger partial charge in [-0.15, -0.1) is 11.3 Å². The molecule has 1 heterocycles. The van der Waals surface area contributed by atoms with Gasteiger partial charge in [0.2, 0.25) is 0 Å². The molecule has 1 nitrogen and oxygen atoms in total. The third-order valence-electron chi connectivity index (χ3n) is 4.73. The van der Waals surface area contributed by atoms with Gasteiger partial charge in [0.1, 0.15) is 5.01 Å². The van der Waals surface area contributed by atoms with Crippen LogP contribution in [0.4, 0.5) is 0 Å². The molecule has 2 heteroatoms. The van der Waals surface area contributed by atoms with E-state index in [1.165, 1.54) is 26.6 Å². The normalized spacial score (nSPS) is 11.9. The van der Waals surface area contributed by atoms with Crippen LogP contribution in [0.3, 0.4) is 0 Å². The Bertz CT molecular complexity index is 1230. The van der Waals surface area contributed by atoms with Crippen LogP contribution in [0.25, 0.3) is 32.6 Å². The molecule has 5 aromatic rings. The number of aromatic nitrogens is 1. The fourth-order valence-corrected chi connectivity index (χ4v) is 4.41. The maximum Gasteiger partial charge on any atom is 0.125 e. The molecule has 0 saturated carbocycles. The van der Waals surface area contributed by atoms with Crippen LogP contribution in [0.15, 0.2) is 97.1 Å². The lowest BCUT2D eigenvalue weighted by atomic mass is 9.99. The second kappa shape index (κ2) is 6.82. The van der Waals surface area contributed by atoms with Gasteiger partial charge in [0.05, 0.1) is 10.2 Å². The summed E-state index contributed by atoms with van der Waals surface area (Å²) in [6, 6.07) is 33.8. The zero-order valence-corrected chi connectivity index (χ0v) is 15.5. The minimum atomic E-state index is 1.05. The van der Waals surface area contributed by atoms with Crippen LogP contribution < -0.4 is 0 Å². The Morgan fingerprint density at radius 1 is 0.704 bits per heavy atom. The summed E-state index contributed by atoms with van der Waals surface area (Å²) in [5.74, 6) is 0. The molecule has 0 saturated heterocycles. The predicted octanol–water partition coefficient (Wildman–Crippen LogP) is 7.04. The quantitative estimate of drug-likeness (QED) is 0.313. The molecule has 128 valence electrons. The minimum absolute atomic E-state index is 1.05. The van der Waals surface area contributed by atoms with E-state index in [1.54, 1.807) is 11.3 Å². The van der Waals surface area contributed by atoms with Crippen LogP contribution >= 0.6 is 11.3 Å². The molecule has 0 aliphatic rings. The van der Waals surface area contributed by atoms with Crippen LogP contribution in [0.5, 0.6) is 0 Å². The molecule has 0 amide bonds. The fourth-order valence-electron chi connectivity index (χ4n) is 3.41. The SMILES string of the molecule is C(=C(/c1ccccc1)c1nc2ccccc2s1)/c1cccc2ccccc12. The molecule has 4 aromatic carbocycles. The number of fused-ring (bicyclic) bond motifs is 2. The molecule has 0 aliphatic carbocycles. The first-order valence-electron chi connectivity index (χ1n) is 8.99. The average molecular weight is 363 g/mol. The monoisotopic (exact) mass is 363 g/mol. The molecular weight excluding hydrogens is 346 g/mol. The summed E-state index contributed by atoms with van der Waals surface area (Å²) >= 11 is 1.75. The van der Waals surface area contributed by atoms with Gasteiger partial charge in [-0.25, -0.2) is 4.98 Å². The van der Waals surface area contributed by atoms with Crippen molar-refractivity contribution in [1.29, 1.82) is 0 Å². The van der Waals surface area contributed by atoms with Crippen molar-refractivity contribution in [3.63, 3.8) is 0 Å². The second-order valence-corrected chi connectivity index (χ2v) is 7.51. The molecule has 0 radical (unpaired) electrons. The number of benzene rings is 4. The first-order valence-corrected chi connectivity index (χ1v) is 9.81. The molecule has 0 N–H and O–H groups in total. The highest BCUT2D eigenvalue weighted by Gasteiger charge is 2.12. The first-order chi connectivity index (χ1) is 13.4. The topological polar surface area (TPSA) is 12.9 Å². The molecule has 0 spiro atoms. The Balaban J connectivity index is 1.76.